The van der Waals surface area contributed by atoms with Crippen molar-refractivity contribution in [3.63, 3.8) is 0 Å². The second-order valence-corrected chi connectivity index (χ2v) is 6.11. The summed E-state index contributed by atoms with van der Waals surface area (Å²) in [4.78, 5) is 11.5. The lowest BCUT2D eigenvalue weighted by atomic mass is 9.99. The summed E-state index contributed by atoms with van der Waals surface area (Å²) in [6.07, 6.45) is 0. The van der Waals surface area contributed by atoms with Crippen LogP contribution in [0.1, 0.15) is 5.56 Å². The van der Waals surface area contributed by atoms with Gasteiger partial charge in [0.05, 0.1) is 11.3 Å². The first kappa shape index (κ1) is 15.7. The lowest BCUT2D eigenvalue weighted by Crippen LogP contribution is -2.00. The highest BCUT2D eigenvalue weighted by molar-refractivity contribution is 6.32. The molecule has 23 heavy (non-hydrogen) atoms. The first-order valence-electron chi connectivity index (χ1n) is 6.86. The minimum Gasteiger partial charge on any atom is -0.478 e. The van der Waals surface area contributed by atoms with E-state index in [0.717, 1.165) is 22.2 Å². The minimum atomic E-state index is -1.06. The fourth-order valence-electron chi connectivity index (χ4n) is 2.77. The van der Waals surface area contributed by atoms with Crippen molar-refractivity contribution >= 4 is 45.6 Å². The van der Waals surface area contributed by atoms with Crippen LogP contribution in [0.4, 0.5) is 0 Å². The van der Waals surface area contributed by atoms with Crippen molar-refractivity contribution in [1.82, 2.24) is 4.57 Å². The zero-order valence-electron chi connectivity index (χ0n) is 12.3. The van der Waals surface area contributed by atoms with Crippen LogP contribution in [0.25, 0.3) is 27.7 Å². The van der Waals surface area contributed by atoms with Crippen molar-refractivity contribution in [2.24, 2.45) is 7.05 Å². The molecule has 0 saturated heterocycles. The van der Waals surface area contributed by atoms with Crippen LogP contribution < -0.4 is 0 Å². The summed E-state index contributed by atoms with van der Waals surface area (Å²) in [5, 5.41) is 11.4. The van der Waals surface area contributed by atoms with E-state index in [1.54, 1.807) is 24.3 Å². The van der Waals surface area contributed by atoms with Crippen molar-refractivity contribution in [1.29, 1.82) is 0 Å². The normalized spacial score (nSPS) is 10.9. The number of carbonyl (C=O) groups is 1. The predicted molar refractivity (Wildman–Crippen MR) is 95.0 cm³/mol. The van der Waals surface area contributed by atoms with Gasteiger partial charge in [0, 0.05) is 33.6 Å². The van der Waals surface area contributed by atoms with Gasteiger partial charge in [-0.3, -0.25) is 0 Å². The number of nitrogens with zero attached hydrogens (tertiary/aromatic N) is 1. The second kappa shape index (κ2) is 5.76. The van der Waals surface area contributed by atoms with Crippen LogP contribution in [0.3, 0.4) is 0 Å². The summed E-state index contributed by atoms with van der Waals surface area (Å²) < 4.78 is 1.94. The Morgan fingerprint density at radius 3 is 2.30 bits per heavy atom. The Hall–Kier alpha value is -2.23. The third-order valence-electron chi connectivity index (χ3n) is 3.84. The molecule has 0 aliphatic heterocycles. The van der Waals surface area contributed by atoms with Crippen LogP contribution in [0.5, 0.6) is 0 Å². The number of hydrogen-bond acceptors (Lipinski definition) is 1. The molecule has 116 valence electrons. The summed E-state index contributed by atoms with van der Waals surface area (Å²) in [6, 6.07) is 12.7. The molecule has 0 radical (unpaired) electrons. The van der Waals surface area contributed by atoms with Gasteiger partial charge in [-0.2, -0.15) is 0 Å². The second-order valence-electron chi connectivity index (χ2n) is 5.23. The third kappa shape index (κ3) is 2.62. The lowest BCUT2D eigenvalue weighted by molar-refractivity contribution is -0.130. The Kier molecular flexibility index (Phi) is 3.92. The molecule has 0 bridgehead atoms. The Balaban J connectivity index is 2.42. The van der Waals surface area contributed by atoms with E-state index in [9.17, 15) is 9.90 Å². The molecule has 1 heterocycles. The SMILES string of the molecule is C=C(C(=O)O)c1c(-c2ccc(Cl)cc2)n(C)c2ccc(Cl)cc12. The predicted octanol–water partition coefficient (Wildman–Crippen LogP) is 5.25. The van der Waals surface area contributed by atoms with Gasteiger partial charge >= 0.3 is 5.97 Å². The number of rotatable bonds is 3. The number of carboxylic acids is 1. The van der Waals surface area contributed by atoms with Crippen molar-refractivity contribution in [3.05, 3.63) is 64.7 Å². The van der Waals surface area contributed by atoms with Crippen molar-refractivity contribution in [3.8, 4) is 11.3 Å². The first-order valence-corrected chi connectivity index (χ1v) is 7.62. The van der Waals surface area contributed by atoms with Gasteiger partial charge in [0.1, 0.15) is 0 Å². The van der Waals surface area contributed by atoms with Gasteiger partial charge in [0.25, 0.3) is 0 Å². The molecule has 0 unspecified atom stereocenters. The van der Waals surface area contributed by atoms with Crippen LogP contribution in [0, 0.1) is 0 Å². The molecular weight excluding hydrogens is 333 g/mol. The average molecular weight is 346 g/mol. The highest BCUT2D eigenvalue weighted by Crippen LogP contribution is 2.38. The molecule has 3 nitrogen and oxygen atoms in total. The highest BCUT2D eigenvalue weighted by atomic mass is 35.5. The molecule has 2 aromatic carbocycles. The lowest BCUT2D eigenvalue weighted by Gasteiger charge is -2.08. The smallest absolute Gasteiger partial charge is 0.335 e. The molecule has 0 spiro atoms. The van der Waals surface area contributed by atoms with E-state index in [2.05, 4.69) is 6.58 Å². The van der Waals surface area contributed by atoms with Crippen LogP contribution in [-0.2, 0) is 11.8 Å². The summed E-state index contributed by atoms with van der Waals surface area (Å²) >= 11 is 12.1. The topological polar surface area (TPSA) is 42.2 Å². The van der Waals surface area contributed by atoms with E-state index in [-0.39, 0.29) is 5.57 Å². The molecule has 0 aliphatic rings. The van der Waals surface area contributed by atoms with E-state index in [4.69, 9.17) is 23.2 Å². The standard InChI is InChI=1S/C18H13Cl2NO2/c1-10(18(22)23)16-14-9-13(20)7-8-15(14)21(2)17(16)11-3-5-12(19)6-4-11/h3-9H,1H2,2H3,(H,22,23). The third-order valence-corrected chi connectivity index (χ3v) is 4.33. The van der Waals surface area contributed by atoms with Gasteiger partial charge in [-0.05, 0) is 35.9 Å². The highest BCUT2D eigenvalue weighted by Gasteiger charge is 2.22. The Labute approximate surface area is 143 Å². The number of aromatic nitrogens is 1. The molecule has 0 saturated carbocycles. The summed E-state index contributed by atoms with van der Waals surface area (Å²) in [5.41, 5.74) is 3.12. The molecule has 0 aliphatic carbocycles. The summed E-state index contributed by atoms with van der Waals surface area (Å²) in [7, 11) is 1.89. The summed E-state index contributed by atoms with van der Waals surface area (Å²) in [5.74, 6) is -1.06. The maximum absolute atomic E-state index is 11.5. The van der Waals surface area contributed by atoms with Crippen LogP contribution >= 0.6 is 23.2 Å². The maximum Gasteiger partial charge on any atom is 0.335 e. The number of halogens is 2. The van der Waals surface area contributed by atoms with Gasteiger partial charge in [-0.1, -0.05) is 41.9 Å². The molecule has 1 N–H and O–H groups in total. The zero-order chi connectivity index (χ0) is 16.7. The Morgan fingerprint density at radius 1 is 1.09 bits per heavy atom. The molecule has 0 amide bonds. The minimum absolute atomic E-state index is 0.0304. The van der Waals surface area contributed by atoms with Crippen LogP contribution in [-0.4, -0.2) is 15.6 Å². The number of carboxylic acid groups (broad SMARTS) is 1. The van der Waals surface area contributed by atoms with Crippen molar-refractivity contribution in [2.45, 2.75) is 0 Å². The summed E-state index contributed by atoms with van der Waals surface area (Å²) in [6.45, 7) is 3.74. The van der Waals surface area contributed by atoms with E-state index >= 15 is 0 Å². The number of aliphatic carboxylic acids is 1. The van der Waals surface area contributed by atoms with Gasteiger partial charge in [0.2, 0.25) is 0 Å². The van der Waals surface area contributed by atoms with Crippen molar-refractivity contribution < 1.29 is 9.90 Å². The van der Waals surface area contributed by atoms with E-state index in [0.29, 0.717) is 15.6 Å². The molecular formula is C18H13Cl2NO2. The molecule has 5 heteroatoms. The molecule has 0 atom stereocenters. The van der Waals surface area contributed by atoms with Crippen LogP contribution in [0.15, 0.2) is 49.0 Å². The van der Waals surface area contributed by atoms with E-state index in [1.807, 2.05) is 29.8 Å². The maximum atomic E-state index is 11.5. The Morgan fingerprint density at radius 2 is 1.70 bits per heavy atom. The van der Waals surface area contributed by atoms with Crippen molar-refractivity contribution in [2.75, 3.05) is 0 Å². The molecule has 3 rings (SSSR count). The average Bonchev–Trinajstić information content (AvgIpc) is 2.79. The zero-order valence-corrected chi connectivity index (χ0v) is 13.8. The number of fused-ring (bicyclic) bond motifs is 1. The number of aryl methyl sites for hydroxylation is 1. The molecule has 0 fully saturated rings. The fraction of sp³-hybridized carbons (Fsp3) is 0.0556. The van der Waals surface area contributed by atoms with Crippen LogP contribution in [0.2, 0.25) is 10.0 Å². The van der Waals surface area contributed by atoms with E-state index < -0.39 is 5.97 Å². The van der Waals surface area contributed by atoms with Gasteiger partial charge < -0.3 is 9.67 Å². The molecule has 1 aromatic heterocycles. The van der Waals surface area contributed by atoms with Gasteiger partial charge in [0.15, 0.2) is 0 Å². The largest absolute Gasteiger partial charge is 0.478 e. The van der Waals surface area contributed by atoms with E-state index in [1.165, 1.54) is 0 Å². The fourth-order valence-corrected chi connectivity index (χ4v) is 3.07. The Bertz CT molecular complexity index is 940. The van der Waals surface area contributed by atoms with Gasteiger partial charge in [-0.15, -0.1) is 0 Å². The number of benzene rings is 2. The molecule has 3 aromatic rings. The van der Waals surface area contributed by atoms with Gasteiger partial charge in [-0.25, -0.2) is 4.79 Å². The number of hydrogen-bond donors (Lipinski definition) is 1. The first-order chi connectivity index (χ1) is 10.9. The monoisotopic (exact) mass is 345 g/mol. The quantitative estimate of drug-likeness (QED) is 0.658.